The second-order valence-electron chi connectivity index (χ2n) is 10.4. The molecule has 0 amide bonds. The number of benzene rings is 2. The van der Waals surface area contributed by atoms with Crippen LogP contribution in [0.2, 0.25) is 0 Å². The van der Waals surface area contributed by atoms with Gasteiger partial charge in [-0.15, -0.1) is 0 Å². The maximum atomic E-state index is 14.7. The van der Waals surface area contributed by atoms with E-state index < -0.39 is 5.82 Å². The summed E-state index contributed by atoms with van der Waals surface area (Å²) in [6.07, 6.45) is 3.78. The lowest BCUT2D eigenvalue weighted by molar-refractivity contribution is 0.0115. The van der Waals surface area contributed by atoms with Crippen molar-refractivity contribution in [3.63, 3.8) is 0 Å². The average Bonchev–Trinajstić information content (AvgIpc) is 3.52. The molecule has 0 spiro atoms. The van der Waals surface area contributed by atoms with Gasteiger partial charge in [0.15, 0.2) is 11.6 Å². The third-order valence-electron chi connectivity index (χ3n) is 8.24. The van der Waals surface area contributed by atoms with Gasteiger partial charge in [0.2, 0.25) is 0 Å². The third-order valence-corrected chi connectivity index (χ3v) is 8.24. The van der Waals surface area contributed by atoms with Crippen molar-refractivity contribution in [3.05, 3.63) is 57.9 Å². The second kappa shape index (κ2) is 10.9. The molecule has 3 aliphatic heterocycles. The van der Waals surface area contributed by atoms with Crippen molar-refractivity contribution in [3.8, 4) is 17.5 Å². The molecule has 3 fully saturated rings. The molecule has 10 heteroatoms. The molecule has 1 N–H and O–H groups in total. The summed E-state index contributed by atoms with van der Waals surface area (Å²) in [5.74, 6) is 0.112. The Balaban J connectivity index is 1.45. The van der Waals surface area contributed by atoms with Crippen molar-refractivity contribution < 1.29 is 13.9 Å². The number of halogens is 1. The van der Waals surface area contributed by atoms with Gasteiger partial charge in [-0.25, -0.2) is 9.37 Å². The lowest BCUT2D eigenvalue weighted by Gasteiger charge is -2.41. The first-order valence-electron chi connectivity index (χ1n) is 13.7. The summed E-state index contributed by atoms with van der Waals surface area (Å²) in [4.78, 5) is 24.0. The number of hydrogen-bond acceptors (Lipinski definition) is 8. The maximum Gasteiger partial charge on any atom is 0.266 e. The molecule has 9 nitrogen and oxygen atoms in total. The summed E-state index contributed by atoms with van der Waals surface area (Å²) >= 11 is 0. The quantitative estimate of drug-likeness (QED) is 0.536. The fourth-order valence-electron chi connectivity index (χ4n) is 6.19. The van der Waals surface area contributed by atoms with E-state index in [1.165, 1.54) is 23.8 Å². The molecule has 4 heterocycles. The number of nitriles is 1. The fourth-order valence-corrected chi connectivity index (χ4v) is 6.19. The van der Waals surface area contributed by atoms with Gasteiger partial charge in [-0.2, -0.15) is 5.26 Å². The highest BCUT2D eigenvalue weighted by Crippen LogP contribution is 2.33. The number of piperidine rings is 1. The van der Waals surface area contributed by atoms with Crippen LogP contribution in [0.1, 0.15) is 43.1 Å². The number of nitrogens with one attached hydrogen (secondary N) is 1. The predicted molar refractivity (Wildman–Crippen MR) is 146 cm³/mol. The van der Waals surface area contributed by atoms with Crippen molar-refractivity contribution in [2.24, 2.45) is 0 Å². The minimum atomic E-state index is -0.554. The number of hydrogen-bond donors (Lipinski definition) is 1. The molecule has 204 valence electrons. The van der Waals surface area contributed by atoms with E-state index in [0.717, 1.165) is 77.3 Å². The number of rotatable bonds is 5. The molecule has 1 atom stereocenters. The zero-order chi connectivity index (χ0) is 26.9. The standard InChI is InChI=1S/C29H33FN6O3/c1-38-26-5-4-21(17-23(26)30)36-28(24-3-2-8-32-24)33-27-22(29(36)37)15-19(18-31)16-25(27)35-9-6-20(7-10-35)34-11-13-39-14-12-34/h4-5,15-17,20,24,32H,2-3,6-14H2,1H3. The molecule has 1 unspecified atom stereocenters. The van der Waals surface area contributed by atoms with Crippen LogP contribution in [0.25, 0.3) is 16.6 Å². The van der Waals surface area contributed by atoms with Gasteiger partial charge in [0, 0.05) is 38.3 Å². The molecule has 39 heavy (non-hydrogen) atoms. The van der Waals surface area contributed by atoms with E-state index in [2.05, 4.69) is 21.2 Å². The zero-order valence-corrected chi connectivity index (χ0v) is 22.2. The minimum absolute atomic E-state index is 0.107. The SMILES string of the molecule is COc1ccc(-n2c(C3CCCN3)nc3c(N4CCC(N5CCOCC5)CC4)cc(C#N)cc3c2=O)cc1F. The van der Waals surface area contributed by atoms with E-state index in [1.54, 1.807) is 12.1 Å². The molecular weight excluding hydrogens is 499 g/mol. The summed E-state index contributed by atoms with van der Waals surface area (Å²) < 4.78 is 26.8. The first-order valence-corrected chi connectivity index (χ1v) is 13.7. The molecule has 0 radical (unpaired) electrons. The molecule has 6 rings (SSSR count). The Morgan fingerprint density at radius 2 is 1.92 bits per heavy atom. The minimum Gasteiger partial charge on any atom is -0.494 e. The van der Waals surface area contributed by atoms with E-state index >= 15 is 0 Å². The molecule has 0 bridgehead atoms. The Hall–Kier alpha value is -3.52. The Bertz CT molecular complexity index is 1460. The van der Waals surface area contributed by atoms with Crippen molar-refractivity contribution in [2.45, 2.75) is 37.8 Å². The number of aromatic nitrogens is 2. The first-order chi connectivity index (χ1) is 19.1. The Morgan fingerprint density at radius 1 is 1.13 bits per heavy atom. The molecule has 3 saturated heterocycles. The molecular formula is C29H33FN6O3. The van der Waals surface area contributed by atoms with Gasteiger partial charge >= 0.3 is 0 Å². The topological polar surface area (TPSA) is 95.7 Å². The average molecular weight is 533 g/mol. The van der Waals surface area contributed by atoms with Crippen molar-refractivity contribution in [1.29, 1.82) is 5.26 Å². The van der Waals surface area contributed by atoms with Crippen LogP contribution in [0.5, 0.6) is 5.75 Å². The summed E-state index contributed by atoms with van der Waals surface area (Å²) in [6, 6.07) is 10.5. The van der Waals surface area contributed by atoms with Crippen LogP contribution in [-0.4, -0.2) is 73.5 Å². The van der Waals surface area contributed by atoms with Crippen LogP contribution in [0.15, 0.2) is 35.1 Å². The van der Waals surface area contributed by atoms with Gasteiger partial charge in [0.25, 0.3) is 5.56 Å². The highest BCUT2D eigenvalue weighted by atomic mass is 19.1. The molecule has 1 aromatic heterocycles. The molecule has 3 aromatic rings. The van der Waals surface area contributed by atoms with Gasteiger partial charge < -0.3 is 19.7 Å². The van der Waals surface area contributed by atoms with Gasteiger partial charge in [-0.1, -0.05) is 0 Å². The van der Waals surface area contributed by atoms with Crippen LogP contribution >= 0.6 is 0 Å². The summed E-state index contributed by atoms with van der Waals surface area (Å²) in [6.45, 7) is 5.94. The van der Waals surface area contributed by atoms with Crippen molar-refractivity contribution >= 4 is 16.6 Å². The predicted octanol–water partition coefficient (Wildman–Crippen LogP) is 3.13. The number of methoxy groups -OCH3 is 1. The number of fused-ring (bicyclic) bond motifs is 1. The lowest BCUT2D eigenvalue weighted by atomic mass is 10.0. The molecule has 2 aromatic carbocycles. The van der Waals surface area contributed by atoms with Gasteiger partial charge in [0.05, 0.1) is 54.8 Å². The number of nitrogens with zero attached hydrogens (tertiary/aromatic N) is 5. The highest BCUT2D eigenvalue weighted by molar-refractivity contribution is 5.92. The Morgan fingerprint density at radius 3 is 2.59 bits per heavy atom. The lowest BCUT2D eigenvalue weighted by Crippen LogP contribution is -2.49. The van der Waals surface area contributed by atoms with Crippen LogP contribution in [0, 0.1) is 17.1 Å². The van der Waals surface area contributed by atoms with Crippen molar-refractivity contribution in [2.75, 3.05) is 57.9 Å². The molecule has 0 aliphatic carbocycles. The van der Waals surface area contributed by atoms with E-state index in [-0.39, 0.29) is 17.4 Å². The Labute approximate surface area is 226 Å². The second-order valence-corrected chi connectivity index (χ2v) is 10.4. The monoisotopic (exact) mass is 532 g/mol. The Kier molecular flexibility index (Phi) is 7.21. The zero-order valence-electron chi connectivity index (χ0n) is 22.2. The van der Waals surface area contributed by atoms with Crippen LogP contribution in [0.3, 0.4) is 0 Å². The van der Waals surface area contributed by atoms with Crippen LogP contribution in [-0.2, 0) is 4.74 Å². The van der Waals surface area contributed by atoms with E-state index in [4.69, 9.17) is 14.5 Å². The van der Waals surface area contributed by atoms with Crippen molar-refractivity contribution in [1.82, 2.24) is 19.8 Å². The molecule has 3 aliphatic rings. The largest absolute Gasteiger partial charge is 0.494 e. The van der Waals surface area contributed by atoms with Crippen LogP contribution in [0.4, 0.5) is 10.1 Å². The maximum absolute atomic E-state index is 14.7. The van der Waals surface area contributed by atoms with E-state index in [0.29, 0.717) is 34.0 Å². The number of anilines is 1. The van der Waals surface area contributed by atoms with Crippen LogP contribution < -0.4 is 20.5 Å². The molecule has 0 saturated carbocycles. The summed E-state index contributed by atoms with van der Waals surface area (Å²) in [5, 5.41) is 13.7. The van der Waals surface area contributed by atoms with E-state index in [9.17, 15) is 14.4 Å². The highest BCUT2D eigenvalue weighted by Gasteiger charge is 2.29. The normalized spacial score (nSPS) is 20.8. The van der Waals surface area contributed by atoms with E-state index in [1.807, 2.05) is 6.07 Å². The number of ether oxygens (including phenoxy) is 2. The summed E-state index contributed by atoms with van der Waals surface area (Å²) in [7, 11) is 1.41. The summed E-state index contributed by atoms with van der Waals surface area (Å²) in [5.41, 5.74) is 1.89. The smallest absolute Gasteiger partial charge is 0.266 e. The number of morpholine rings is 1. The van der Waals surface area contributed by atoms with Gasteiger partial charge in [-0.05, 0) is 56.5 Å². The first kappa shape index (κ1) is 25.7. The third kappa shape index (κ3) is 4.86. The van der Waals surface area contributed by atoms with Gasteiger partial charge in [-0.3, -0.25) is 14.3 Å². The fraction of sp³-hybridized carbons (Fsp3) is 0.483. The van der Waals surface area contributed by atoms with Gasteiger partial charge in [0.1, 0.15) is 11.3 Å².